The quantitative estimate of drug-likeness (QED) is 0.773. The fourth-order valence-corrected chi connectivity index (χ4v) is 3.65. The summed E-state index contributed by atoms with van der Waals surface area (Å²) in [5.74, 6) is 0.277. The number of amides is 3. The highest BCUT2D eigenvalue weighted by Crippen LogP contribution is 2.23. The molecule has 0 unspecified atom stereocenters. The van der Waals surface area contributed by atoms with Gasteiger partial charge in [-0.15, -0.1) is 0 Å². The Kier molecular flexibility index (Phi) is 7.84. The number of piperidine rings is 1. The van der Waals surface area contributed by atoms with Crippen molar-refractivity contribution in [1.82, 2.24) is 15.1 Å². The molecule has 0 radical (unpaired) electrons. The van der Waals surface area contributed by atoms with Crippen LogP contribution in [0.3, 0.4) is 0 Å². The third-order valence-corrected chi connectivity index (χ3v) is 5.42. The average molecular weight is 389 g/mol. The molecular weight excluding hydrogens is 358 g/mol. The van der Waals surface area contributed by atoms with E-state index in [0.717, 1.165) is 0 Å². The Morgan fingerprint density at radius 1 is 1.21 bits per heavy atom. The van der Waals surface area contributed by atoms with E-state index in [1.165, 1.54) is 0 Å². The molecule has 0 bridgehead atoms. The maximum absolute atomic E-state index is 13.1. The first-order valence-electron chi connectivity index (χ1n) is 9.90. The standard InChI is InChI=1S/C21H31N3O4/c1-5-23(6-2)21(27)19(16-10-12-24(13-11-16)15(3)25)22-20(26)17-8-7-9-18(14-17)28-4/h7-9,14,16,19H,5-6,10-13H2,1-4H3,(H,22,26)/t19-/m0/s1. The van der Waals surface area contributed by atoms with Gasteiger partial charge >= 0.3 is 0 Å². The van der Waals surface area contributed by atoms with E-state index in [-0.39, 0.29) is 23.6 Å². The van der Waals surface area contributed by atoms with E-state index in [2.05, 4.69) is 5.32 Å². The van der Waals surface area contributed by atoms with Gasteiger partial charge in [-0.05, 0) is 50.8 Å². The molecule has 2 rings (SSSR count). The van der Waals surface area contributed by atoms with Crippen LogP contribution < -0.4 is 10.1 Å². The third-order valence-electron chi connectivity index (χ3n) is 5.42. The lowest BCUT2D eigenvalue weighted by atomic mass is 9.88. The molecule has 3 amide bonds. The lowest BCUT2D eigenvalue weighted by Gasteiger charge is -2.37. The Morgan fingerprint density at radius 2 is 1.86 bits per heavy atom. The molecule has 1 aliphatic rings. The largest absolute Gasteiger partial charge is 0.497 e. The van der Waals surface area contributed by atoms with Gasteiger partial charge in [0.2, 0.25) is 11.8 Å². The van der Waals surface area contributed by atoms with Gasteiger partial charge in [-0.25, -0.2) is 0 Å². The monoisotopic (exact) mass is 389 g/mol. The number of methoxy groups -OCH3 is 1. The van der Waals surface area contributed by atoms with Gasteiger partial charge in [-0.2, -0.15) is 0 Å². The van der Waals surface area contributed by atoms with Crippen molar-refractivity contribution in [1.29, 1.82) is 0 Å². The van der Waals surface area contributed by atoms with Crippen LogP contribution in [0, 0.1) is 5.92 Å². The van der Waals surface area contributed by atoms with Crippen LogP contribution in [0.5, 0.6) is 5.75 Å². The van der Waals surface area contributed by atoms with E-state index in [0.29, 0.717) is 50.3 Å². The summed E-state index contributed by atoms with van der Waals surface area (Å²) in [6.45, 7) is 7.82. The van der Waals surface area contributed by atoms with Crippen LogP contribution in [0.1, 0.15) is 44.0 Å². The number of ether oxygens (including phenoxy) is 1. The minimum atomic E-state index is -0.604. The Bertz CT molecular complexity index is 695. The number of hydrogen-bond donors (Lipinski definition) is 1. The number of benzene rings is 1. The van der Waals surface area contributed by atoms with Crippen molar-refractivity contribution in [3.05, 3.63) is 29.8 Å². The number of nitrogens with one attached hydrogen (secondary N) is 1. The summed E-state index contributed by atoms with van der Waals surface area (Å²) in [4.78, 5) is 41.1. The number of carbonyl (C=O) groups excluding carboxylic acids is 3. The van der Waals surface area contributed by atoms with E-state index in [4.69, 9.17) is 4.74 Å². The number of carbonyl (C=O) groups is 3. The minimum Gasteiger partial charge on any atom is -0.497 e. The van der Waals surface area contributed by atoms with E-state index in [1.807, 2.05) is 13.8 Å². The Morgan fingerprint density at radius 3 is 2.39 bits per heavy atom. The van der Waals surface area contributed by atoms with Gasteiger partial charge in [-0.1, -0.05) is 6.07 Å². The summed E-state index contributed by atoms with van der Waals surface area (Å²) >= 11 is 0. The molecule has 1 atom stereocenters. The normalized spacial score (nSPS) is 15.6. The zero-order valence-corrected chi connectivity index (χ0v) is 17.2. The highest BCUT2D eigenvalue weighted by atomic mass is 16.5. The molecule has 28 heavy (non-hydrogen) atoms. The van der Waals surface area contributed by atoms with Gasteiger partial charge in [0.25, 0.3) is 5.91 Å². The minimum absolute atomic E-state index is 0.00161. The van der Waals surface area contributed by atoms with Crippen molar-refractivity contribution in [3.8, 4) is 5.75 Å². The van der Waals surface area contributed by atoms with E-state index < -0.39 is 6.04 Å². The van der Waals surface area contributed by atoms with Crippen LogP contribution >= 0.6 is 0 Å². The lowest BCUT2D eigenvalue weighted by molar-refractivity contribution is -0.135. The van der Waals surface area contributed by atoms with Crippen molar-refractivity contribution in [2.24, 2.45) is 5.92 Å². The molecule has 0 aliphatic carbocycles. The highest BCUT2D eigenvalue weighted by molar-refractivity contribution is 5.98. The molecule has 1 saturated heterocycles. The zero-order valence-electron chi connectivity index (χ0n) is 17.2. The summed E-state index contributed by atoms with van der Waals surface area (Å²) in [5, 5.41) is 2.96. The van der Waals surface area contributed by atoms with Gasteiger partial charge in [-0.3, -0.25) is 14.4 Å². The molecule has 0 spiro atoms. The number of nitrogens with zero attached hydrogens (tertiary/aromatic N) is 2. The lowest BCUT2D eigenvalue weighted by Crippen LogP contribution is -2.54. The molecule has 1 aromatic rings. The number of rotatable bonds is 7. The van der Waals surface area contributed by atoms with Gasteiger partial charge < -0.3 is 19.9 Å². The first kappa shape index (κ1) is 21.7. The average Bonchev–Trinajstić information content (AvgIpc) is 2.72. The summed E-state index contributed by atoms with van der Waals surface area (Å²) in [5.41, 5.74) is 0.456. The summed E-state index contributed by atoms with van der Waals surface area (Å²) in [6, 6.07) is 6.28. The fourth-order valence-electron chi connectivity index (χ4n) is 3.65. The smallest absolute Gasteiger partial charge is 0.252 e. The van der Waals surface area contributed by atoms with Crippen molar-refractivity contribution >= 4 is 17.7 Å². The molecule has 7 nitrogen and oxygen atoms in total. The molecule has 1 fully saturated rings. The Hall–Kier alpha value is -2.57. The summed E-state index contributed by atoms with van der Waals surface area (Å²) in [6.07, 6.45) is 1.38. The topological polar surface area (TPSA) is 79.0 Å². The first-order chi connectivity index (χ1) is 13.4. The van der Waals surface area contributed by atoms with Gasteiger partial charge in [0, 0.05) is 38.7 Å². The molecule has 7 heteroatoms. The third kappa shape index (κ3) is 5.24. The molecule has 1 aromatic carbocycles. The van der Waals surface area contributed by atoms with Gasteiger partial charge in [0.1, 0.15) is 11.8 Å². The molecule has 1 aliphatic heterocycles. The van der Waals surface area contributed by atoms with Crippen molar-refractivity contribution < 1.29 is 19.1 Å². The molecule has 0 saturated carbocycles. The van der Waals surface area contributed by atoms with Gasteiger partial charge in [0.05, 0.1) is 7.11 Å². The van der Waals surface area contributed by atoms with E-state index in [9.17, 15) is 14.4 Å². The van der Waals surface area contributed by atoms with Crippen LogP contribution in [0.15, 0.2) is 24.3 Å². The highest BCUT2D eigenvalue weighted by Gasteiger charge is 2.35. The molecule has 0 aromatic heterocycles. The van der Waals surface area contributed by atoms with Crippen LogP contribution in [-0.2, 0) is 9.59 Å². The maximum atomic E-state index is 13.1. The molecular formula is C21H31N3O4. The second-order valence-electron chi connectivity index (χ2n) is 7.04. The van der Waals surface area contributed by atoms with E-state index in [1.54, 1.807) is 48.1 Å². The predicted octanol–water partition coefficient (Wildman–Crippen LogP) is 1.92. The zero-order chi connectivity index (χ0) is 20.7. The SMILES string of the molecule is CCN(CC)C(=O)[C@@H](NC(=O)c1cccc(OC)c1)C1CCN(C(C)=O)CC1. The predicted molar refractivity (Wildman–Crippen MR) is 107 cm³/mol. The number of hydrogen-bond acceptors (Lipinski definition) is 4. The van der Waals surface area contributed by atoms with Crippen molar-refractivity contribution in [2.45, 2.75) is 39.7 Å². The second kappa shape index (κ2) is 10.1. The Balaban J connectivity index is 2.19. The molecule has 154 valence electrons. The summed E-state index contributed by atoms with van der Waals surface area (Å²) < 4.78 is 5.19. The maximum Gasteiger partial charge on any atom is 0.252 e. The number of likely N-dealkylation sites (tertiary alicyclic amines) is 1. The first-order valence-corrected chi connectivity index (χ1v) is 9.90. The van der Waals surface area contributed by atoms with Gasteiger partial charge in [0.15, 0.2) is 0 Å². The molecule has 1 heterocycles. The molecule has 1 N–H and O–H groups in total. The van der Waals surface area contributed by atoms with Crippen molar-refractivity contribution in [2.75, 3.05) is 33.3 Å². The van der Waals surface area contributed by atoms with Crippen LogP contribution in [0.2, 0.25) is 0 Å². The van der Waals surface area contributed by atoms with Crippen LogP contribution in [0.25, 0.3) is 0 Å². The second-order valence-corrected chi connectivity index (χ2v) is 7.04. The fraction of sp³-hybridized carbons (Fsp3) is 0.571. The van der Waals surface area contributed by atoms with Crippen LogP contribution in [0.4, 0.5) is 0 Å². The number of likely N-dealkylation sites (N-methyl/N-ethyl adjacent to an activating group) is 1. The van der Waals surface area contributed by atoms with Crippen LogP contribution in [-0.4, -0.2) is 66.9 Å². The Labute approximate surface area is 167 Å². The van der Waals surface area contributed by atoms with Crippen molar-refractivity contribution in [3.63, 3.8) is 0 Å². The van der Waals surface area contributed by atoms with E-state index >= 15 is 0 Å². The summed E-state index contributed by atoms with van der Waals surface area (Å²) in [7, 11) is 1.55.